The Morgan fingerprint density at radius 3 is 2.33 bits per heavy atom. The van der Waals surface area contributed by atoms with Crippen molar-refractivity contribution in [3.05, 3.63) is 113 Å². The van der Waals surface area contributed by atoms with E-state index in [0.717, 1.165) is 32.0 Å². The number of nitrogens with zero attached hydrogens (tertiary/aromatic N) is 1. The average Bonchev–Trinajstić information content (AvgIpc) is 3.22. The van der Waals surface area contributed by atoms with Gasteiger partial charge in [-0.15, -0.1) is 0 Å². The maximum absolute atomic E-state index is 13.4. The van der Waals surface area contributed by atoms with Crippen LogP contribution in [-0.4, -0.2) is 16.4 Å². The van der Waals surface area contributed by atoms with Crippen molar-refractivity contribution in [2.24, 2.45) is 0 Å². The number of benzene rings is 3. The van der Waals surface area contributed by atoms with Gasteiger partial charge in [0.15, 0.2) is 0 Å². The molecule has 0 aliphatic heterocycles. The topological polar surface area (TPSA) is 51.1 Å². The van der Waals surface area contributed by atoms with Crippen molar-refractivity contribution >= 4 is 45.3 Å². The molecule has 1 N–H and O–H groups in total. The summed E-state index contributed by atoms with van der Waals surface area (Å²) < 4.78 is 2.48. The van der Waals surface area contributed by atoms with Crippen LogP contribution in [-0.2, 0) is 15.6 Å². The molecule has 4 aromatic rings. The van der Waals surface area contributed by atoms with Crippen LogP contribution in [0.15, 0.2) is 85.1 Å². The zero-order valence-corrected chi connectivity index (χ0v) is 20.9. The Bertz CT molecular complexity index is 1280. The van der Waals surface area contributed by atoms with E-state index in [4.69, 9.17) is 0 Å². The van der Waals surface area contributed by atoms with E-state index in [1.54, 1.807) is 4.57 Å². The van der Waals surface area contributed by atoms with E-state index in [1.807, 2.05) is 98.9 Å². The van der Waals surface area contributed by atoms with Gasteiger partial charge in [0.2, 0.25) is 5.91 Å². The molecule has 4 nitrogen and oxygen atoms in total. The number of alkyl halides is 1. The quantitative estimate of drug-likeness (QED) is 0.218. The van der Waals surface area contributed by atoms with Gasteiger partial charge in [-0.2, -0.15) is 0 Å². The SMILES string of the molecule is C[C](Cc1cn(C(=O)c2ccccc2CI)c2ccccc12)C(=O)NC(C)c1ccccc1. The lowest BCUT2D eigenvalue weighted by atomic mass is 9.99. The van der Waals surface area contributed by atoms with Gasteiger partial charge < -0.3 is 5.32 Å². The molecule has 3 aromatic carbocycles. The summed E-state index contributed by atoms with van der Waals surface area (Å²) in [6.45, 7) is 3.84. The Morgan fingerprint density at radius 2 is 1.58 bits per heavy atom. The standard InChI is InChI=1S/C28H26IN2O2/c1-19(27(32)30-20(2)21-10-4-3-5-11-21)16-23-18-31(26-15-9-8-13-24(23)26)28(33)25-14-7-6-12-22(25)17-29/h3-15,18,20H,16-17H2,1-2H3,(H,30,32). The van der Waals surface area contributed by atoms with E-state index in [1.165, 1.54) is 0 Å². The van der Waals surface area contributed by atoms with Gasteiger partial charge in [0.1, 0.15) is 0 Å². The number of carbonyl (C=O) groups excluding carboxylic acids is 2. The van der Waals surface area contributed by atoms with Crippen LogP contribution in [0.25, 0.3) is 10.9 Å². The van der Waals surface area contributed by atoms with Crippen molar-refractivity contribution in [1.82, 2.24) is 9.88 Å². The number of nitrogens with one attached hydrogen (secondary N) is 1. The molecule has 1 heterocycles. The Morgan fingerprint density at radius 1 is 0.909 bits per heavy atom. The maximum atomic E-state index is 13.4. The lowest BCUT2D eigenvalue weighted by molar-refractivity contribution is -0.120. The number of fused-ring (bicyclic) bond motifs is 1. The number of carbonyl (C=O) groups is 2. The van der Waals surface area contributed by atoms with Crippen molar-refractivity contribution in [3.63, 3.8) is 0 Å². The summed E-state index contributed by atoms with van der Waals surface area (Å²) in [6.07, 6.45) is 2.36. The van der Waals surface area contributed by atoms with Crippen molar-refractivity contribution in [2.45, 2.75) is 30.7 Å². The molecule has 4 rings (SSSR count). The Kier molecular flexibility index (Phi) is 7.28. The summed E-state index contributed by atoms with van der Waals surface area (Å²) in [6, 6.07) is 25.4. The van der Waals surface area contributed by atoms with Crippen molar-refractivity contribution in [3.8, 4) is 0 Å². The first-order valence-corrected chi connectivity index (χ1v) is 12.5. The fourth-order valence-electron chi connectivity index (χ4n) is 4.05. The predicted octanol–water partition coefficient (Wildman–Crippen LogP) is 6.28. The van der Waals surface area contributed by atoms with Gasteiger partial charge in [0.05, 0.1) is 17.5 Å². The van der Waals surface area contributed by atoms with Gasteiger partial charge in [0.25, 0.3) is 5.91 Å². The van der Waals surface area contributed by atoms with Gasteiger partial charge in [-0.1, -0.05) is 89.3 Å². The molecule has 0 aliphatic carbocycles. The first-order valence-electron chi connectivity index (χ1n) is 11.0. The first kappa shape index (κ1) is 23.2. The summed E-state index contributed by atoms with van der Waals surface area (Å²) in [5.41, 5.74) is 4.60. The minimum absolute atomic E-state index is 0.0514. The molecule has 0 fully saturated rings. The molecule has 167 valence electrons. The highest BCUT2D eigenvalue weighted by Gasteiger charge is 2.22. The molecule has 1 unspecified atom stereocenters. The van der Waals surface area contributed by atoms with Crippen molar-refractivity contribution in [2.75, 3.05) is 0 Å². The second-order valence-electron chi connectivity index (χ2n) is 8.20. The van der Waals surface area contributed by atoms with Gasteiger partial charge >= 0.3 is 0 Å². The highest BCUT2D eigenvalue weighted by molar-refractivity contribution is 14.1. The van der Waals surface area contributed by atoms with E-state index >= 15 is 0 Å². The second kappa shape index (κ2) is 10.3. The highest BCUT2D eigenvalue weighted by atomic mass is 127. The van der Waals surface area contributed by atoms with Gasteiger partial charge in [-0.25, -0.2) is 0 Å². The van der Waals surface area contributed by atoms with Gasteiger partial charge in [0, 0.05) is 21.6 Å². The van der Waals surface area contributed by atoms with Crippen LogP contribution >= 0.6 is 22.6 Å². The fourth-order valence-corrected chi connectivity index (χ4v) is 4.71. The van der Waals surface area contributed by atoms with Crippen LogP contribution in [0, 0.1) is 5.92 Å². The number of amides is 1. The minimum Gasteiger partial charge on any atom is -0.349 e. The smallest absolute Gasteiger partial charge is 0.262 e. The van der Waals surface area contributed by atoms with E-state index in [9.17, 15) is 9.59 Å². The molecule has 0 bridgehead atoms. The van der Waals surface area contributed by atoms with E-state index < -0.39 is 0 Å². The third-order valence-corrected chi connectivity index (χ3v) is 6.72. The van der Waals surface area contributed by atoms with Crippen LogP contribution in [0.4, 0.5) is 0 Å². The molecule has 1 aromatic heterocycles. The lowest BCUT2D eigenvalue weighted by Crippen LogP contribution is -2.31. The highest BCUT2D eigenvalue weighted by Crippen LogP contribution is 2.27. The van der Waals surface area contributed by atoms with Crippen LogP contribution in [0.5, 0.6) is 0 Å². The van der Waals surface area contributed by atoms with Crippen LogP contribution < -0.4 is 5.32 Å². The molecule has 0 aliphatic rings. The number of hydrogen-bond donors (Lipinski definition) is 1. The third-order valence-electron chi connectivity index (χ3n) is 5.90. The maximum Gasteiger partial charge on any atom is 0.262 e. The zero-order valence-electron chi connectivity index (χ0n) is 18.7. The van der Waals surface area contributed by atoms with E-state index in [0.29, 0.717) is 17.9 Å². The molecule has 1 atom stereocenters. The summed E-state index contributed by atoms with van der Waals surface area (Å²) in [4.78, 5) is 26.3. The summed E-state index contributed by atoms with van der Waals surface area (Å²) in [7, 11) is 0. The fraction of sp³-hybridized carbons (Fsp3) is 0.179. The summed E-state index contributed by atoms with van der Waals surface area (Å²) in [5, 5.41) is 4.07. The third kappa shape index (κ3) is 5.03. The molecule has 1 amide bonds. The summed E-state index contributed by atoms with van der Waals surface area (Å²) in [5.74, 6) is 0.579. The summed E-state index contributed by atoms with van der Waals surface area (Å²) >= 11 is 2.28. The Balaban J connectivity index is 1.59. The zero-order chi connectivity index (χ0) is 23.4. The number of rotatable bonds is 7. The number of hydrogen-bond acceptors (Lipinski definition) is 2. The molecule has 0 spiro atoms. The van der Waals surface area contributed by atoms with E-state index in [-0.39, 0.29) is 17.9 Å². The first-order chi connectivity index (χ1) is 16.0. The lowest BCUT2D eigenvalue weighted by Gasteiger charge is -2.17. The average molecular weight is 549 g/mol. The number of halogens is 1. The monoisotopic (exact) mass is 549 g/mol. The molecular formula is C28H26IN2O2. The second-order valence-corrected chi connectivity index (χ2v) is 8.96. The molecule has 33 heavy (non-hydrogen) atoms. The minimum atomic E-state index is -0.0821. The van der Waals surface area contributed by atoms with Gasteiger partial charge in [-0.05, 0) is 49.1 Å². The number of para-hydroxylation sites is 1. The molecule has 0 saturated carbocycles. The Labute approximate surface area is 208 Å². The molecular weight excluding hydrogens is 523 g/mol. The molecule has 0 saturated heterocycles. The Hall–Kier alpha value is -2.93. The van der Waals surface area contributed by atoms with Crippen LogP contribution in [0.2, 0.25) is 0 Å². The van der Waals surface area contributed by atoms with Crippen molar-refractivity contribution in [1.29, 1.82) is 0 Å². The molecule has 5 heteroatoms. The normalized spacial score (nSPS) is 12.1. The van der Waals surface area contributed by atoms with Crippen LogP contribution in [0.3, 0.4) is 0 Å². The molecule has 1 radical (unpaired) electrons. The predicted molar refractivity (Wildman–Crippen MR) is 141 cm³/mol. The van der Waals surface area contributed by atoms with Gasteiger partial charge in [-0.3, -0.25) is 14.2 Å². The van der Waals surface area contributed by atoms with Crippen molar-refractivity contribution < 1.29 is 9.59 Å². The number of aromatic nitrogens is 1. The van der Waals surface area contributed by atoms with Crippen LogP contribution in [0.1, 0.15) is 46.9 Å². The largest absolute Gasteiger partial charge is 0.349 e. The van der Waals surface area contributed by atoms with E-state index in [2.05, 4.69) is 27.9 Å².